The van der Waals surface area contributed by atoms with Crippen molar-refractivity contribution < 1.29 is 18.4 Å². The summed E-state index contributed by atoms with van der Waals surface area (Å²) in [7, 11) is 0.788. The minimum atomic E-state index is -4.26. The Bertz CT molecular complexity index is 620. The lowest BCUT2D eigenvalue weighted by atomic mass is 10.1. The van der Waals surface area contributed by atoms with Gasteiger partial charge in [0.05, 0.1) is 22.7 Å². The first-order valence-electron chi connectivity index (χ1n) is 4.08. The summed E-state index contributed by atoms with van der Waals surface area (Å²) in [5.41, 5.74) is -1.11. The molecule has 0 aliphatic rings. The van der Waals surface area contributed by atoms with Gasteiger partial charge in [0.15, 0.2) is 0 Å². The van der Waals surface area contributed by atoms with Crippen molar-refractivity contribution >= 4 is 25.4 Å². The molecule has 90 valence electrons. The van der Waals surface area contributed by atoms with E-state index in [1.807, 2.05) is 0 Å². The van der Waals surface area contributed by atoms with Crippen LogP contribution in [-0.4, -0.2) is 18.4 Å². The number of nitro benzene ring substituents is 1. The van der Waals surface area contributed by atoms with Crippen molar-refractivity contribution in [3.8, 4) is 6.07 Å². The van der Waals surface area contributed by atoms with Crippen molar-refractivity contribution in [3.05, 3.63) is 33.4 Å². The van der Waals surface area contributed by atoms with Crippen LogP contribution in [0.5, 0.6) is 0 Å². The highest BCUT2D eigenvalue weighted by molar-refractivity contribution is 8.13. The molecule has 0 amide bonds. The number of nitriles is 1. The molecule has 0 aliphatic heterocycles. The molecule has 1 N–H and O–H groups in total. The smallest absolute Gasteiger partial charge is 0.276 e. The molecule has 0 aliphatic carbocycles. The van der Waals surface area contributed by atoms with Gasteiger partial charge in [-0.25, -0.2) is 8.42 Å². The van der Waals surface area contributed by atoms with Gasteiger partial charge in [0.25, 0.3) is 14.7 Å². The van der Waals surface area contributed by atoms with Crippen LogP contribution in [0.25, 0.3) is 0 Å². The maximum Gasteiger partial charge on any atom is 0.276 e. The Morgan fingerprint density at radius 1 is 1.53 bits per heavy atom. The predicted molar refractivity (Wildman–Crippen MR) is 56.8 cm³/mol. The molecule has 9 heteroatoms. The van der Waals surface area contributed by atoms with Gasteiger partial charge in [0.1, 0.15) is 11.0 Å². The molecular formula is C8H5ClN2O5S. The molecule has 1 aromatic rings. The SMILES string of the molecule is N#Cc1cc(CO)c([N+](=O)[O-])cc1S(=O)(=O)Cl. The van der Waals surface area contributed by atoms with Crippen LogP contribution in [0.3, 0.4) is 0 Å². The van der Waals surface area contributed by atoms with Crippen LogP contribution in [0.1, 0.15) is 11.1 Å². The molecular weight excluding hydrogens is 272 g/mol. The molecule has 0 heterocycles. The first kappa shape index (κ1) is 13.4. The fourth-order valence-corrected chi connectivity index (χ4v) is 2.20. The monoisotopic (exact) mass is 276 g/mol. The molecule has 0 saturated heterocycles. The van der Waals surface area contributed by atoms with Crippen LogP contribution in [-0.2, 0) is 15.7 Å². The third kappa shape index (κ3) is 2.71. The summed E-state index contributed by atoms with van der Waals surface area (Å²) in [6, 6.07) is 3.13. The van der Waals surface area contributed by atoms with Crippen LogP contribution >= 0.6 is 10.7 Å². The number of halogens is 1. The van der Waals surface area contributed by atoms with Crippen LogP contribution in [0.2, 0.25) is 0 Å². The van der Waals surface area contributed by atoms with Crippen LogP contribution in [0.15, 0.2) is 17.0 Å². The summed E-state index contributed by atoms with van der Waals surface area (Å²) in [6.45, 7) is -0.687. The molecule has 0 fully saturated rings. The number of nitro groups is 1. The van der Waals surface area contributed by atoms with E-state index in [4.69, 9.17) is 21.1 Å². The second-order valence-electron chi connectivity index (χ2n) is 2.94. The Balaban J connectivity index is 3.70. The molecule has 0 unspecified atom stereocenters. The van der Waals surface area contributed by atoms with E-state index >= 15 is 0 Å². The van der Waals surface area contributed by atoms with Gasteiger partial charge < -0.3 is 5.11 Å². The minimum Gasteiger partial charge on any atom is -0.391 e. The van der Waals surface area contributed by atoms with Gasteiger partial charge in [-0.2, -0.15) is 5.26 Å². The van der Waals surface area contributed by atoms with E-state index in [1.165, 1.54) is 0 Å². The second-order valence-corrected chi connectivity index (χ2v) is 5.48. The van der Waals surface area contributed by atoms with Crippen molar-refractivity contribution in [2.75, 3.05) is 0 Å². The van der Waals surface area contributed by atoms with E-state index in [1.54, 1.807) is 6.07 Å². The Morgan fingerprint density at radius 3 is 2.47 bits per heavy atom. The lowest BCUT2D eigenvalue weighted by Gasteiger charge is -2.03. The van der Waals surface area contributed by atoms with Crippen LogP contribution in [0.4, 0.5) is 5.69 Å². The maximum atomic E-state index is 11.1. The normalized spacial score (nSPS) is 10.9. The van der Waals surface area contributed by atoms with E-state index in [2.05, 4.69) is 0 Å². The average Bonchev–Trinajstić information content (AvgIpc) is 2.25. The highest BCUT2D eigenvalue weighted by atomic mass is 35.7. The zero-order chi connectivity index (χ0) is 13.2. The van der Waals surface area contributed by atoms with Gasteiger partial charge in [-0.05, 0) is 6.07 Å². The summed E-state index contributed by atoms with van der Waals surface area (Å²) in [5, 5.41) is 28.2. The molecule has 0 bridgehead atoms. The standard InChI is InChI=1S/C8H5ClN2O5S/c9-17(15,16)8-2-7(11(13)14)6(4-12)1-5(8)3-10/h1-2,12H,4H2. The topological polar surface area (TPSA) is 121 Å². The summed E-state index contributed by atoms with van der Waals surface area (Å²) < 4.78 is 22.2. The molecule has 17 heavy (non-hydrogen) atoms. The lowest BCUT2D eigenvalue weighted by molar-refractivity contribution is -0.386. The largest absolute Gasteiger partial charge is 0.391 e. The summed E-state index contributed by atoms with van der Waals surface area (Å²) in [5.74, 6) is 0. The highest BCUT2D eigenvalue weighted by Crippen LogP contribution is 2.28. The molecule has 0 aromatic heterocycles. The quantitative estimate of drug-likeness (QED) is 0.497. The molecule has 1 aromatic carbocycles. The van der Waals surface area contributed by atoms with E-state index in [0.29, 0.717) is 6.07 Å². The maximum absolute atomic E-state index is 11.1. The fourth-order valence-electron chi connectivity index (χ4n) is 1.20. The molecule has 0 radical (unpaired) electrons. The number of aliphatic hydroxyl groups is 1. The Labute approximate surface area is 100 Å². The zero-order valence-corrected chi connectivity index (χ0v) is 9.70. The minimum absolute atomic E-state index is 0.157. The molecule has 0 spiro atoms. The first-order valence-corrected chi connectivity index (χ1v) is 6.39. The van der Waals surface area contributed by atoms with Gasteiger partial charge in [0, 0.05) is 16.7 Å². The van der Waals surface area contributed by atoms with E-state index in [9.17, 15) is 18.5 Å². The van der Waals surface area contributed by atoms with Gasteiger partial charge in [-0.15, -0.1) is 0 Å². The van der Waals surface area contributed by atoms with Crippen molar-refractivity contribution in [1.29, 1.82) is 5.26 Å². The third-order valence-corrected chi connectivity index (χ3v) is 3.29. The van der Waals surface area contributed by atoms with Crippen LogP contribution in [0, 0.1) is 21.4 Å². The average molecular weight is 277 g/mol. The van der Waals surface area contributed by atoms with Crippen molar-refractivity contribution in [2.45, 2.75) is 11.5 Å². The molecule has 7 nitrogen and oxygen atoms in total. The molecule has 0 atom stereocenters. The van der Waals surface area contributed by atoms with Crippen molar-refractivity contribution in [1.82, 2.24) is 0 Å². The number of nitrogens with zero attached hydrogens (tertiary/aromatic N) is 2. The third-order valence-electron chi connectivity index (χ3n) is 1.93. The summed E-state index contributed by atoms with van der Waals surface area (Å²) in [4.78, 5) is 9.12. The molecule has 0 saturated carbocycles. The van der Waals surface area contributed by atoms with Gasteiger partial charge in [-0.1, -0.05) is 0 Å². The summed E-state index contributed by atoms with van der Waals surface area (Å²) >= 11 is 0. The lowest BCUT2D eigenvalue weighted by Crippen LogP contribution is -2.02. The number of hydrogen-bond donors (Lipinski definition) is 1. The number of aliphatic hydroxyl groups excluding tert-OH is 1. The first-order chi connectivity index (χ1) is 7.81. The van der Waals surface area contributed by atoms with Gasteiger partial charge in [0.2, 0.25) is 0 Å². The Kier molecular flexibility index (Phi) is 3.67. The van der Waals surface area contributed by atoms with Crippen molar-refractivity contribution in [2.24, 2.45) is 0 Å². The zero-order valence-electron chi connectivity index (χ0n) is 8.12. The van der Waals surface area contributed by atoms with E-state index in [0.717, 1.165) is 6.07 Å². The van der Waals surface area contributed by atoms with Gasteiger partial charge >= 0.3 is 0 Å². The predicted octanol–water partition coefficient (Wildman–Crippen LogP) is 0.886. The number of rotatable bonds is 3. The van der Waals surface area contributed by atoms with E-state index < -0.39 is 31.2 Å². The van der Waals surface area contributed by atoms with Gasteiger partial charge in [-0.3, -0.25) is 10.1 Å². The Morgan fingerprint density at radius 2 is 2.12 bits per heavy atom. The number of benzene rings is 1. The second kappa shape index (κ2) is 4.67. The molecule has 1 rings (SSSR count). The highest BCUT2D eigenvalue weighted by Gasteiger charge is 2.23. The fraction of sp³-hybridized carbons (Fsp3) is 0.125. The van der Waals surface area contributed by atoms with Crippen LogP contribution < -0.4 is 0 Å². The Hall–Kier alpha value is -1.69. The number of hydrogen-bond acceptors (Lipinski definition) is 6. The summed E-state index contributed by atoms with van der Waals surface area (Å²) in [6.07, 6.45) is 0. The van der Waals surface area contributed by atoms with E-state index in [-0.39, 0.29) is 11.1 Å². The van der Waals surface area contributed by atoms with Crippen molar-refractivity contribution in [3.63, 3.8) is 0 Å².